The summed E-state index contributed by atoms with van der Waals surface area (Å²) in [6, 6.07) is 0. The van der Waals surface area contributed by atoms with E-state index in [0.29, 0.717) is 6.42 Å². The van der Waals surface area contributed by atoms with Crippen LogP contribution < -0.4 is 0 Å². The molecule has 0 aromatic heterocycles. The largest absolute Gasteiger partial charge is 0.475 e. The molecule has 0 fully saturated rings. The zero-order chi connectivity index (χ0) is 10.4. The highest BCUT2D eigenvalue weighted by molar-refractivity contribution is 6.78. The predicted molar refractivity (Wildman–Crippen MR) is 41.8 cm³/mol. The summed E-state index contributed by atoms with van der Waals surface area (Å²) in [6.45, 7) is 1.68. The second kappa shape index (κ2) is 5.02. The maximum atomic E-state index is 10.9. The summed E-state index contributed by atoms with van der Waals surface area (Å²) in [5.74, 6) is -4.06. The highest BCUT2D eigenvalue weighted by Gasteiger charge is 2.26. The molecule has 0 aliphatic heterocycles. The lowest BCUT2D eigenvalue weighted by Crippen LogP contribution is -2.30. The van der Waals surface area contributed by atoms with Gasteiger partial charge in [0.25, 0.3) is 5.78 Å². The zero-order valence-electron chi connectivity index (χ0n) is 6.98. The van der Waals surface area contributed by atoms with Gasteiger partial charge in [-0.3, -0.25) is 9.59 Å². The molecule has 0 amide bonds. The van der Waals surface area contributed by atoms with Gasteiger partial charge < -0.3 is 10.3 Å². The lowest BCUT2D eigenvalue weighted by Gasteiger charge is -1.96. The minimum atomic E-state index is -1.81. The number of carbonyl (C=O) groups excluding carboxylic acids is 2. The van der Waals surface area contributed by atoms with Gasteiger partial charge in [0.05, 0.1) is 0 Å². The van der Waals surface area contributed by atoms with Crippen LogP contribution in [-0.2, 0) is 14.4 Å². The van der Waals surface area contributed by atoms with Gasteiger partial charge in [-0.1, -0.05) is 12.1 Å². The van der Waals surface area contributed by atoms with Crippen molar-refractivity contribution < 1.29 is 24.7 Å². The van der Waals surface area contributed by atoms with Crippen LogP contribution in [-0.4, -0.2) is 33.6 Å². The highest BCUT2D eigenvalue weighted by atomic mass is 16.4. The number of carboxylic acid groups (broad SMARTS) is 1. The Bertz CT molecular complexity index is 268. The third kappa shape index (κ3) is 3.02. The number of aliphatic carboxylic acids is 1. The van der Waals surface area contributed by atoms with E-state index in [1.165, 1.54) is 0 Å². The molecule has 0 heterocycles. The van der Waals surface area contributed by atoms with E-state index >= 15 is 0 Å². The smallest absolute Gasteiger partial charge is 0.379 e. The van der Waals surface area contributed by atoms with Gasteiger partial charge in [0, 0.05) is 6.42 Å². The lowest BCUT2D eigenvalue weighted by molar-refractivity contribution is -0.146. The topological polar surface area (TPSA) is 104 Å². The normalized spacial score (nSPS) is 11.0. The Morgan fingerprint density at radius 2 is 1.85 bits per heavy atom. The van der Waals surface area contributed by atoms with Crippen molar-refractivity contribution in [3.8, 4) is 0 Å². The highest BCUT2D eigenvalue weighted by Crippen LogP contribution is 1.94. The van der Waals surface area contributed by atoms with Gasteiger partial charge in [-0.15, -0.1) is 0 Å². The molecule has 2 N–H and O–H groups in total. The first kappa shape index (κ1) is 11.3. The Balaban J connectivity index is 4.63. The first-order valence-corrected chi connectivity index (χ1v) is 3.57. The number of Topliss-reactive ketones (excluding diaryl/α,β-unsaturated/α-hetero) is 2. The fourth-order valence-electron chi connectivity index (χ4n) is 0.675. The maximum Gasteiger partial charge on any atom is 0.379 e. The molecule has 0 atom stereocenters. The summed E-state index contributed by atoms with van der Waals surface area (Å²) >= 11 is 0. The monoisotopic (exact) mass is 187 g/mol. The van der Waals surface area contributed by atoms with Gasteiger partial charge in [-0.25, -0.2) is 4.79 Å². The molecule has 0 aromatic carbocycles. The summed E-state index contributed by atoms with van der Waals surface area (Å²) in [7, 11) is 0. The van der Waals surface area contributed by atoms with Crippen molar-refractivity contribution in [3.05, 3.63) is 0 Å². The van der Waals surface area contributed by atoms with Crippen LogP contribution in [0.25, 0.3) is 0 Å². The molecule has 0 saturated carbocycles. The van der Waals surface area contributed by atoms with Crippen LogP contribution in [0.4, 0.5) is 0 Å². The minimum absolute atomic E-state index is 0.0155. The summed E-state index contributed by atoms with van der Waals surface area (Å²) in [4.78, 5) is 31.7. The number of rotatable bonds is 5. The van der Waals surface area contributed by atoms with Gasteiger partial charge >= 0.3 is 5.97 Å². The van der Waals surface area contributed by atoms with Gasteiger partial charge in [-0.2, -0.15) is 0 Å². The number of nitrogens with zero attached hydrogens (tertiary/aromatic N) is 1. The van der Waals surface area contributed by atoms with Gasteiger partial charge in [0.2, 0.25) is 0 Å². The van der Waals surface area contributed by atoms with E-state index in [-0.39, 0.29) is 6.42 Å². The van der Waals surface area contributed by atoms with Crippen LogP contribution in [0.2, 0.25) is 0 Å². The fourth-order valence-corrected chi connectivity index (χ4v) is 0.675. The number of ketones is 2. The average molecular weight is 187 g/mol. The molecule has 13 heavy (non-hydrogen) atoms. The van der Waals surface area contributed by atoms with Gasteiger partial charge in [0.1, 0.15) is 0 Å². The fraction of sp³-hybridized carbons (Fsp3) is 0.429. The van der Waals surface area contributed by atoms with Crippen molar-refractivity contribution >= 4 is 23.2 Å². The van der Waals surface area contributed by atoms with E-state index in [4.69, 9.17) is 10.3 Å². The summed E-state index contributed by atoms with van der Waals surface area (Å²) in [6.07, 6.45) is 0.434. The molecule has 6 heteroatoms. The van der Waals surface area contributed by atoms with Crippen LogP contribution in [0.15, 0.2) is 5.16 Å². The van der Waals surface area contributed by atoms with E-state index in [1.807, 2.05) is 0 Å². The van der Waals surface area contributed by atoms with Gasteiger partial charge in [-0.05, 0) is 6.42 Å². The zero-order valence-corrected chi connectivity index (χ0v) is 6.98. The Kier molecular flexibility index (Phi) is 4.36. The van der Waals surface area contributed by atoms with Crippen molar-refractivity contribution in [2.24, 2.45) is 5.16 Å². The molecule has 0 aliphatic rings. The predicted octanol–water partition coefficient (Wildman–Crippen LogP) is -0.161. The van der Waals surface area contributed by atoms with E-state index in [2.05, 4.69) is 5.16 Å². The van der Waals surface area contributed by atoms with Crippen molar-refractivity contribution in [1.29, 1.82) is 0 Å². The van der Waals surface area contributed by atoms with E-state index in [1.54, 1.807) is 6.92 Å². The van der Waals surface area contributed by atoms with E-state index < -0.39 is 23.2 Å². The van der Waals surface area contributed by atoms with E-state index in [0.717, 1.165) is 0 Å². The Morgan fingerprint density at radius 3 is 2.15 bits per heavy atom. The van der Waals surface area contributed by atoms with Crippen molar-refractivity contribution in [2.75, 3.05) is 0 Å². The molecule has 0 radical (unpaired) electrons. The van der Waals surface area contributed by atoms with Crippen molar-refractivity contribution in [2.45, 2.75) is 19.8 Å². The Morgan fingerprint density at radius 1 is 1.31 bits per heavy atom. The molecule has 0 aromatic rings. The number of oxime groups is 1. The second-order valence-corrected chi connectivity index (χ2v) is 2.26. The molecule has 0 saturated heterocycles. The minimum Gasteiger partial charge on any atom is -0.475 e. The van der Waals surface area contributed by atoms with Crippen LogP contribution in [0, 0.1) is 0 Å². The number of carbonyl (C=O) groups is 3. The Hall–Kier alpha value is -1.72. The molecule has 0 bridgehead atoms. The van der Waals surface area contributed by atoms with Crippen LogP contribution in [0.1, 0.15) is 19.8 Å². The van der Waals surface area contributed by atoms with Crippen LogP contribution >= 0.6 is 0 Å². The molecule has 0 unspecified atom stereocenters. The quantitative estimate of drug-likeness (QED) is 0.204. The van der Waals surface area contributed by atoms with Crippen LogP contribution in [0.5, 0.6) is 0 Å². The molecular weight excluding hydrogens is 178 g/mol. The standard InChI is InChI=1S/C7H9NO5/c1-2-3-4(9)5(8-13)6(10)7(11)12/h13H,2-3H2,1H3,(H,11,12). The third-order valence-electron chi connectivity index (χ3n) is 1.25. The summed E-state index contributed by atoms with van der Waals surface area (Å²) < 4.78 is 0. The summed E-state index contributed by atoms with van der Waals surface area (Å²) in [5, 5.41) is 18.8. The molecule has 72 valence electrons. The van der Waals surface area contributed by atoms with Crippen molar-refractivity contribution in [3.63, 3.8) is 0 Å². The molecular formula is C7H9NO5. The second-order valence-electron chi connectivity index (χ2n) is 2.26. The Labute approximate surface area is 73.9 Å². The molecule has 6 nitrogen and oxygen atoms in total. The van der Waals surface area contributed by atoms with E-state index in [9.17, 15) is 14.4 Å². The number of hydrogen-bond acceptors (Lipinski definition) is 5. The summed E-state index contributed by atoms with van der Waals surface area (Å²) in [5.41, 5.74) is -0.922. The molecule has 0 spiro atoms. The maximum absolute atomic E-state index is 10.9. The SMILES string of the molecule is CCCC(=O)C(=NO)C(=O)C(=O)O. The lowest BCUT2D eigenvalue weighted by atomic mass is 10.1. The first-order chi connectivity index (χ1) is 6.04. The first-order valence-electron chi connectivity index (χ1n) is 3.57. The molecule has 0 aliphatic carbocycles. The van der Waals surface area contributed by atoms with Crippen molar-refractivity contribution in [1.82, 2.24) is 0 Å². The molecule has 0 rings (SSSR count). The third-order valence-corrected chi connectivity index (χ3v) is 1.25. The number of carboxylic acids is 1. The average Bonchev–Trinajstić information content (AvgIpc) is 2.05. The van der Waals surface area contributed by atoms with Crippen LogP contribution in [0.3, 0.4) is 0 Å². The number of hydrogen-bond donors (Lipinski definition) is 2. The van der Waals surface area contributed by atoms with Gasteiger partial charge in [0.15, 0.2) is 11.5 Å².